The Morgan fingerprint density at radius 2 is 2.37 bits per heavy atom. The van der Waals surface area contributed by atoms with E-state index in [0.29, 0.717) is 6.54 Å². The van der Waals surface area contributed by atoms with Crippen LogP contribution in [0.4, 0.5) is 0 Å². The van der Waals surface area contributed by atoms with Crippen molar-refractivity contribution in [3.8, 4) is 0 Å². The van der Waals surface area contributed by atoms with Crippen LogP contribution in [0.15, 0.2) is 11.4 Å². The van der Waals surface area contributed by atoms with Gasteiger partial charge in [0.25, 0.3) is 0 Å². The van der Waals surface area contributed by atoms with Crippen molar-refractivity contribution in [1.82, 2.24) is 9.80 Å². The Bertz CT molecular complexity index is 459. The van der Waals surface area contributed by atoms with E-state index in [-0.39, 0.29) is 11.9 Å². The third-order valence-corrected chi connectivity index (χ3v) is 5.08. The predicted molar refractivity (Wildman–Crippen MR) is 77.1 cm³/mol. The van der Waals surface area contributed by atoms with Gasteiger partial charge in [0.05, 0.1) is 6.54 Å². The Labute approximate surface area is 118 Å². The summed E-state index contributed by atoms with van der Waals surface area (Å²) in [5.74, 6) is 0.256. The number of amides is 1. The maximum Gasteiger partial charge on any atom is 0.237 e. The molecule has 2 aliphatic heterocycles. The van der Waals surface area contributed by atoms with Crippen LogP contribution >= 0.6 is 11.3 Å². The van der Waals surface area contributed by atoms with Crippen LogP contribution in [0.3, 0.4) is 0 Å². The van der Waals surface area contributed by atoms with Gasteiger partial charge in [-0.2, -0.15) is 0 Å². The number of nitrogens with two attached hydrogens (primary N) is 1. The summed E-state index contributed by atoms with van der Waals surface area (Å²) in [6, 6.07) is 2.39. The minimum atomic E-state index is 0.242. The molecule has 1 amide bonds. The fourth-order valence-electron chi connectivity index (χ4n) is 2.99. The third kappa shape index (κ3) is 2.99. The van der Waals surface area contributed by atoms with Crippen LogP contribution in [0.5, 0.6) is 0 Å². The normalized spacial score (nSPS) is 24.3. The van der Waals surface area contributed by atoms with E-state index in [0.717, 1.165) is 45.4 Å². The lowest BCUT2D eigenvalue weighted by Crippen LogP contribution is -2.48. The van der Waals surface area contributed by atoms with Gasteiger partial charge in [0, 0.05) is 30.6 Å². The number of fused-ring (bicyclic) bond motifs is 1. The quantitative estimate of drug-likeness (QED) is 0.880. The molecule has 104 valence electrons. The lowest BCUT2D eigenvalue weighted by atomic mass is 10.1. The van der Waals surface area contributed by atoms with Gasteiger partial charge in [0.2, 0.25) is 5.91 Å². The van der Waals surface area contributed by atoms with Crippen LogP contribution in [0.25, 0.3) is 0 Å². The van der Waals surface area contributed by atoms with E-state index in [1.165, 1.54) is 10.4 Å². The van der Waals surface area contributed by atoms with Crippen LogP contribution in [-0.4, -0.2) is 47.9 Å². The first-order valence-electron chi connectivity index (χ1n) is 7.03. The van der Waals surface area contributed by atoms with Gasteiger partial charge in [0.15, 0.2) is 0 Å². The number of hydrogen-bond donors (Lipinski definition) is 1. The molecule has 4 nitrogen and oxygen atoms in total. The fraction of sp³-hybridized carbons (Fsp3) is 0.643. The smallest absolute Gasteiger partial charge is 0.237 e. The van der Waals surface area contributed by atoms with Crippen LogP contribution in [0.1, 0.15) is 23.3 Å². The number of likely N-dealkylation sites (tertiary alicyclic amines) is 1. The van der Waals surface area contributed by atoms with E-state index in [1.807, 2.05) is 16.2 Å². The largest absolute Gasteiger partial charge is 0.337 e. The monoisotopic (exact) mass is 279 g/mol. The van der Waals surface area contributed by atoms with Gasteiger partial charge in [-0.3, -0.25) is 9.69 Å². The standard InChI is InChI=1S/C14H21N3OS/c15-12-2-1-5-16(9-12)10-14(18)17-6-3-13-11(8-17)4-7-19-13/h4,7,12H,1-3,5-6,8-10,15H2/t12-/m1/s1. The molecule has 2 N–H and O–H groups in total. The second-order valence-electron chi connectivity index (χ2n) is 5.57. The summed E-state index contributed by atoms with van der Waals surface area (Å²) in [4.78, 5) is 18.0. The first-order chi connectivity index (χ1) is 9.22. The molecule has 5 heteroatoms. The van der Waals surface area contributed by atoms with Crippen molar-refractivity contribution in [2.45, 2.75) is 31.8 Å². The SMILES string of the molecule is N[C@@H]1CCCN(CC(=O)N2CCc3sccc3C2)C1. The molecule has 0 aromatic carbocycles. The van der Waals surface area contributed by atoms with E-state index < -0.39 is 0 Å². The first-order valence-corrected chi connectivity index (χ1v) is 7.91. The molecular formula is C14H21N3OS. The van der Waals surface area contributed by atoms with Crippen molar-refractivity contribution in [3.63, 3.8) is 0 Å². The zero-order valence-corrected chi connectivity index (χ0v) is 12.0. The van der Waals surface area contributed by atoms with Crippen molar-refractivity contribution in [1.29, 1.82) is 0 Å². The van der Waals surface area contributed by atoms with Crippen LogP contribution < -0.4 is 5.73 Å². The average Bonchev–Trinajstić information content (AvgIpc) is 2.85. The second-order valence-corrected chi connectivity index (χ2v) is 6.57. The number of rotatable bonds is 2. The van der Waals surface area contributed by atoms with Crippen molar-refractivity contribution in [2.24, 2.45) is 5.73 Å². The van der Waals surface area contributed by atoms with Crippen LogP contribution in [0.2, 0.25) is 0 Å². The van der Waals surface area contributed by atoms with E-state index in [1.54, 1.807) is 0 Å². The fourth-order valence-corrected chi connectivity index (χ4v) is 3.88. The highest BCUT2D eigenvalue weighted by Gasteiger charge is 2.24. The number of hydrogen-bond acceptors (Lipinski definition) is 4. The molecule has 0 saturated carbocycles. The van der Waals surface area contributed by atoms with Crippen molar-refractivity contribution in [2.75, 3.05) is 26.2 Å². The minimum Gasteiger partial charge on any atom is -0.337 e. The molecule has 0 bridgehead atoms. The molecule has 19 heavy (non-hydrogen) atoms. The van der Waals surface area contributed by atoms with E-state index >= 15 is 0 Å². The van der Waals surface area contributed by atoms with Gasteiger partial charge in [-0.15, -0.1) is 11.3 Å². The molecule has 2 aliphatic rings. The third-order valence-electron chi connectivity index (χ3n) is 4.06. The molecule has 1 fully saturated rings. The van der Waals surface area contributed by atoms with Crippen molar-refractivity contribution in [3.05, 3.63) is 21.9 Å². The molecule has 0 radical (unpaired) electrons. The van der Waals surface area contributed by atoms with Gasteiger partial charge in [0.1, 0.15) is 0 Å². The van der Waals surface area contributed by atoms with Crippen LogP contribution in [0, 0.1) is 0 Å². The molecule has 0 aliphatic carbocycles. The minimum absolute atomic E-state index is 0.242. The van der Waals surface area contributed by atoms with Gasteiger partial charge < -0.3 is 10.6 Å². The molecule has 1 aromatic rings. The number of nitrogens with zero attached hydrogens (tertiary/aromatic N) is 2. The maximum atomic E-state index is 12.4. The number of carbonyl (C=O) groups excluding carboxylic acids is 1. The predicted octanol–water partition coefficient (Wildman–Crippen LogP) is 1.06. The molecule has 1 aromatic heterocycles. The van der Waals surface area contributed by atoms with E-state index in [4.69, 9.17) is 5.73 Å². The summed E-state index contributed by atoms with van der Waals surface area (Å²) in [7, 11) is 0. The molecule has 1 saturated heterocycles. The van der Waals surface area contributed by atoms with Gasteiger partial charge in [-0.05, 0) is 42.8 Å². The van der Waals surface area contributed by atoms with Gasteiger partial charge in [-0.25, -0.2) is 0 Å². The Kier molecular flexibility index (Phi) is 3.86. The molecule has 0 unspecified atom stereocenters. The molecule has 3 heterocycles. The Morgan fingerprint density at radius 3 is 3.21 bits per heavy atom. The molecule has 3 rings (SSSR count). The molecule has 0 spiro atoms. The van der Waals surface area contributed by atoms with Crippen molar-refractivity contribution < 1.29 is 4.79 Å². The second kappa shape index (κ2) is 5.61. The summed E-state index contributed by atoms with van der Waals surface area (Å²) in [6.45, 7) is 4.07. The lowest BCUT2D eigenvalue weighted by Gasteiger charge is -2.33. The van der Waals surface area contributed by atoms with Crippen molar-refractivity contribution >= 4 is 17.2 Å². The summed E-state index contributed by atoms with van der Waals surface area (Å²) < 4.78 is 0. The summed E-state index contributed by atoms with van der Waals surface area (Å²) >= 11 is 1.81. The number of carbonyl (C=O) groups is 1. The number of thiophene rings is 1. The van der Waals surface area contributed by atoms with E-state index in [9.17, 15) is 4.79 Å². The average molecular weight is 279 g/mol. The Morgan fingerprint density at radius 1 is 1.47 bits per heavy atom. The highest BCUT2D eigenvalue weighted by molar-refractivity contribution is 7.10. The first kappa shape index (κ1) is 13.1. The molecular weight excluding hydrogens is 258 g/mol. The van der Waals surface area contributed by atoms with Gasteiger partial charge in [-0.1, -0.05) is 0 Å². The lowest BCUT2D eigenvalue weighted by molar-refractivity contribution is -0.133. The Balaban J connectivity index is 1.56. The highest BCUT2D eigenvalue weighted by atomic mass is 32.1. The number of piperidine rings is 1. The van der Waals surface area contributed by atoms with Crippen LogP contribution in [-0.2, 0) is 17.8 Å². The summed E-state index contributed by atoms with van der Waals surface area (Å²) in [5, 5.41) is 2.13. The summed E-state index contributed by atoms with van der Waals surface area (Å²) in [6.07, 6.45) is 3.22. The zero-order chi connectivity index (χ0) is 13.2. The maximum absolute atomic E-state index is 12.4. The van der Waals surface area contributed by atoms with E-state index in [2.05, 4.69) is 16.3 Å². The Hall–Kier alpha value is -0.910. The molecule has 1 atom stereocenters. The highest BCUT2D eigenvalue weighted by Crippen LogP contribution is 2.24. The zero-order valence-electron chi connectivity index (χ0n) is 11.2. The summed E-state index contributed by atoms with van der Waals surface area (Å²) in [5.41, 5.74) is 7.30. The van der Waals surface area contributed by atoms with Gasteiger partial charge >= 0.3 is 0 Å². The topological polar surface area (TPSA) is 49.6 Å².